The summed E-state index contributed by atoms with van der Waals surface area (Å²) in [4.78, 5) is 71.1. The van der Waals surface area contributed by atoms with E-state index in [2.05, 4.69) is 17.6 Å². The van der Waals surface area contributed by atoms with E-state index < -0.39 is 54.5 Å². The largest absolute Gasteiger partial charge is 0.481 e. The van der Waals surface area contributed by atoms with E-state index in [1.165, 1.54) is 11.8 Å². The van der Waals surface area contributed by atoms with Gasteiger partial charge in [-0.1, -0.05) is 57.6 Å². The number of allylic oxidation sites excluding steroid dienone is 1. The second-order valence-corrected chi connectivity index (χ2v) is 12.5. The van der Waals surface area contributed by atoms with Gasteiger partial charge >= 0.3 is 17.9 Å². The molecule has 8 N–H and O–H groups in total. The molecule has 0 aromatic rings. The lowest BCUT2D eigenvalue weighted by atomic mass is 9.89. The van der Waals surface area contributed by atoms with E-state index in [4.69, 9.17) is 21.1 Å². The number of aliphatic carboxylic acids is 3. The van der Waals surface area contributed by atoms with Gasteiger partial charge in [0.25, 0.3) is 0 Å². The summed E-state index contributed by atoms with van der Waals surface area (Å²) in [6, 6.07) is -2.39. The zero-order valence-corrected chi connectivity index (χ0v) is 26.3. The van der Waals surface area contributed by atoms with E-state index >= 15 is 0 Å². The number of unbranched alkanes of at least 4 members (excludes halogenated alkanes) is 5. The number of aliphatic hydroxyl groups excluding tert-OH is 1. The number of nitrogens with one attached hydrogen (secondary N) is 2. The van der Waals surface area contributed by atoms with E-state index in [1.807, 2.05) is 6.08 Å². The van der Waals surface area contributed by atoms with Crippen LogP contribution in [0.15, 0.2) is 12.2 Å². The molecule has 2 amide bonds. The van der Waals surface area contributed by atoms with Gasteiger partial charge in [0.05, 0.1) is 6.10 Å². The van der Waals surface area contributed by atoms with Crippen molar-refractivity contribution < 1.29 is 49.2 Å². The molecule has 0 aromatic carbocycles. The minimum absolute atomic E-state index is 0.0332. The van der Waals surface area contributed by atoms with E-state index in [-0.39, 0.29) is 54.3 Å². The van der Waals surface area contributed by atoms with Gasteiger partial charge in [-0.05, 0) is 31.6 Å². The number of ketones is 1. The molecule has 0 heterocycles. The highest BCUT2D eigenvalue weighted by Gasteiger charge is 2.41. The summed E-state index contributed by atoms with van der Waals surface area (Å²) in [5, 5.41) is 41.8. The Hall–Kier alpha value is -2.97. The fourth-order valence-corrected chi connectivity index (χ4v) is 6.52. The van der Waals surface area contributed by atoms with E-state index in [9.17, 15) is 33.9 Å². The number of nitrogens with two attached hydrogens (primary N) is 1. The molecule has 1 saturated carbocycles. The lowest BCUT2D eigenvalue weighted by Crippen LogP contribution is -2.49. The fraction of sp³-hybridized carbons (Fsp3) is 0.733. The summed E-state index contributed by atoms with van der Waals surface area (Å²) in [6.07, 6.45) is 9.78. The number of carboxylic acids is 3. The number of aliphatic hydroxyl groups is 1. The smallest absolute Gasteiger partial charge is 0.322 e. The Morgan fingerprint density at radius 3 is 2.32 bits per heavy atom. The summed E-state index contributed by atoms with van der Waals surface area (Å²) in [5.41, 5.74) is 5.47. The Labute approximate surface area is 262 Å². The number of carbonyl (C=O) groups is 6. The summed E-state index contributed by atoms with van der Waals surface area (Å²) < 4.78 is 0. The van der Waals surface area contributed by atoms with Crippen molar-refractivity contribution in [2.24, 2.45) is 17.6 Å². The summed E-state index contributed by atoms with van der Waals surface area (Å²) in [6.45, 7) is 1.42. The molecule has 0 aromatic heterocycles. The fourth-order valence-electron chi connectivity index (χ4n) is 5.06. The predicted molar refractivity (Wildman–Crippen MR) is 165 cm³/mol. The summed E-state index contributed by atoms with van der Waals surface area (Å²) in [5.74, 6) is -5.17. The van der Waals surface area contributed by atoms with Gasteiger partial charge in [0.1, 0.15) is 24.4 Å². The maximum absolute atomic E-state index is 13.1. The monoisotopic (exact) mass is 643 g/mol. The molecule has 250 valence electrons. The van der Waals surface area contributed by atoms with Crippen molar-refractivity contribution in [1.29, 1.82) is 0 Å². The van der Waals surface area contributed by atoms with Crippen LogP contribution in [0.4, 0.5) is 0 Å². The van der Waals surface area contributed by atoms with Crippen LogP contribution in [-0.2, 0) is 28.8 Å². The lowest BCUT2D eigenvalue weighted by Gasteiger charge is -2.24. The zero-order chi connectivity index (χ0) is 33.1. The Balaban J connectivity index is 2.99. The SMILES string of the molecule is CCCCCC(O)C=CC1C(SCC(NC(=O)CCC(N)C(=O)O)C(=O)NCC(=O)O)CC(=O)C1CCCCCCC(=O)O. The first kappa shape index (κ1) is 39.1. The van der Waals surface area contributed by atoms with Gasteiger partial charge in [-0.3, -0.25) is 28.8 Å². The van der Waals surface area contributed by atoms with Crippen molar-refractivity contribution >= 4 is 47.3 Å². The number of carbonyl (C=O) groups excluding carboxylic acids is 3. The van der Waals surface area contributed by atoms with Crippen LogP contribution in [0, 0.1) is 11.8 Å². The maximum Gasteiger partial charge on any atom is 0.322 e. The van der Waals surface area contributed by atoms with Gasteiger partial charge in [-0.15, -0.1) is 0 Å². The van der Waals surface area contributed by atoms with Crippen LogP contribution < -0.4 is 16.4 Å². The van der Waals surface area contributed by atoms with Crippen LogP contribution in [0.5, 0.6) is 0 Å². The Morgan fingerprint density at radius 1 is 0.977 bits per heavy atom. The molecule has 6 atom stereocenters. The van der Waals surface area contributed by atoms with Crippen molar-refractivity contribution in [2.75, 3.05) is 12.3 Å². The number of amides is 2. The van der Waals surface area contributed by atoms with Crippen LogP contribution in [-0.4, -0.2) is 91.7 Å². The molecular weight excluding hydrogens is 594 g/mol. The number of hydrogen-bond acceptors (Lipinski definition) is 9. The second-order valence-electron chi connectivity index (χ2n) is 11.2. The van der Waals surface area contributed by atoms with Gasteiger partial charge in [0.15, 0.2) is 0 Å². The van der Waals surface area contributed by atoms with Crippen LogP contribution in [0.25, 0.3) is 0 Å². The molecule has 1 aliphatic carbocycles. The van der Waals surface area contributed by atoms with Crippen molar-refractivity contribution in [1.82, 2.24) is 10.6 Å². The third-order valence-electron chi connectivity index (χ3n) is 7.57. The van der Waals surface area contributed by atoms with Gasteiger partial charge in [0, 0.05) is 36.2 Å². The molecule has 0 aliphatic heterocycles. The third kappa shape index (κ3) is 16.2. The molecule has 44 heavy (non-hydrogen) atoms. The van der Waals surface area contributed by atoms with Crippen molar-refractivity contribution in [3.63, 3.8) is 0 Å². The average molecular weight is 644 g/mol. The molecule has 1 rings (SSSR count). The highest BCUT2D eigenvalue weighted by molar-refractivity contribution is 8.00. The topological polar surface area (TPSA) is 233 Å². The van der Waals surface area contributed by atoms with Crippen LogP contribution in [0.1, 0.15) is 90.4 Å². The molecule has 14 heteroatoms. The predicted octanol–water partition coefficient (Wildman–Crippen LogP) is 2.09. The number of thioether (sulfide) groups is 1. The van der Waals surface area contributed by atoms with E-state index in [1.54, 1.807) is 6.08 Å². The molecule has 0 spiro atoms. The van der Waals surface area contributed by atoms with Crippen LogP contribution >= 0.6 is 11.8 Å². The highest BCUT2D eigenvalue weighted by atomic mass is 32.2. The Kier molecular flexibility index (Phi) is 19.2. The quantitative estimate of drug-likeness (QED) is 0.0592. The Bertz CT molecular complexity index is 992. The number of Topliss-reactive ketones (excluding diaryl/α,β-unsaturated/α-hetero) is 1. The van der Waals surface area contributed by atoms with Crippen LogP contribution in [0.3, 0.4) is 0 Å². The highest BCUT2D eigenvalue weighted by Crippen LogP contribution is 2.41. The average Bonchev–Trinajstić information content (AvgIpc) is 3.26. The molecule has 0 bridgehead atoms. The minimum atomic E-state index is -1.27. The molecule has 6 unspecified atom stereocenters. The number of rotatable bonds is 24. The number of carboxylic acid groups (broad SMARTS) is 3. The first-order valence-electron chi connectivity index (χ1n) is 15.3. The first-order valence-corrected chi connectivity index (χ1v) is 16.4. The zero-order valence-electron chi connectivity index (χ0n) is 25.4. The van der Waals surface area contributed by atoms with Gasteiger partial charge < -0.3 is 36.8 Å². The summed E-state index contributed by atoms with van der Waals surface area (Å²) in [7, 11) is 0. The normalized spacial score (nSPS) is 20.2. The van der Waals surface area contributed by atoms with E-state index in [0.717, 1.165) is 38.5 Å². The molecule has 0 saturated heterocycles. The molecule has 0 radical (unpaired) electrons. The molecule has 1 fully saturated rings. The van der Waals surface area contributed by atoms with Gasteiger partial charge in [0.2, 0.25) is 11.8 Å². The minimum Gasteiger partial charge on any atom is -0.481 e. The van der Waals surface area contributed by atoms with Crippen LogP contribution in [0.2, 0.25) is 0 Å². The van der Waals surface area contributed by atoms with Crippen molar-refractivity contribution in [3.8, 4) is 0 Å². The standard InChI is InChI=1S/C30H49N3O10S/c1-2-3-6-9-19(34)12-13-21-20(10-7-4-5-8-11-27(37)38)24(35)16-25(21)44-18-23(29(41)32-17-28(39)40)33-26(36)15-14-22(31)30(42)43/h12-13,19-23,25,34H,2-11,14-18,31H2,1H3,(H,32,41)(H,33,36)(H,37,38)(H,39,40)(H,42,43). The summed E-state index contributed by atoms with van der Waals surface area (Å²) >= 11 is 1.30. The molecule has 13 nitrogen and oxygen atoms in total. The Morgan fingerprint density at radius 2 is 1.68 bits per heavy atom. The third-order valence-corrected chi connectivity index (χ3v) is 9.00. The number of hydrogen-bond donors (Lipinski definition) is 7. The van der Waals surface area contributed by atoms with Gasteiger partial charge in [-0.2, -0.15) is 11.8 Å². The molecular formula is C30H49N3O10S. The van der Waals surface area contributed by atoms with Crippen molar-refractivity contribution in [3.05, 3.63) is 12.2 Å². The van der Waals surface area contributed by atoms with E-state index in [0.29, 0.717) is 19.3 Å². The maximum atomic E-state index is 13.1. The lowest BCUT2D eigenvalue weighted by molar-refractivity contribution is -0.139. The second kappa shape index (κ2) is 21.7. The first-order chi connectivity index (χ1) is 20.8. The molecule has 1 aliphatic rings. The van der Waals surface area contributed by atoms with Crippen molar-refractivity contribution in [2.45, 2.75) is 114 Å². The van der Waals surface area contributed by atoms with Gasteiger partial charge in [-0.25, -0.2) is 0 Å².